The molecule has 0 saturated heterocycles. The van der Waals surface area contributed by atoms with Gasteiger partial charge in [-0.1, -0.05) is 5.92 Å². The van der Waals surface area contributed by atoms with Crippen LogP contribution in [0.2, 0.25) is 0 Å². The number of terminal acetylenes is 1. The average molecular weight is 195 g/mol. The van der Waals surface area contributed by atoms with Crippen molar-refractivity contribution >= 4 is 5.97 Å². The Kier molecular flexibility index (Phi) is 3.32. The number of carbonyl (C=O) groups is 1. The maximum Gasteiger partial charge on any atom is 0.490 e. The van der Waals surface area contributed by atoms with Crippen molar-refractivity contribution in [3.8, 4) is 12.3 Å². The summed E-state index contributed by atoms with van der Waals surface area (Å²) in [5.74, 6) is -0.264. The molecule has 0 aliphatic heterocycles. The Balaban J connectivity index is 0.000000223. The Hall–Kier alpha value is -1.22. The molecule has 1 aliphatic rings. The largest absolute Gasteiger partial charge is 0.490 e. The van der Waals surface area contributed by atoms with Gasteiger partial charge in [0, 0.05) is 0 Å². The van der Waals surface area contributed by atoms with E-state index in [1.165, 1.54) is 0 Å². The lowest BCUT2D eigenvalue weighted by molar-refractivity contribution is -0.192. The van der Waals surface area contributed by atoms with Crippen LogP contribution in [-0.4, -0.2) is 22.8 Å². The molecule has 0 bridgehead atoms. The molecule has 1 saturated carbocycles. The minimum absolute atomic E-state index is 0.181. The first kappa shape index (κ1) is 11.8. The summed E-state index contributed by atoms with van der Waals surface area (Å²) in [4.78, 5) is 8.90. The molecule has 6 heteroatoms. The van der Waals surface area contributed by atoms with Crippen LogP contribution in [0.25, 0.3) is 0 Å². The first-order valence-electron chi connectivity index (χ1n) is 3.28. The Morgan fingerprint density at radius 2 is 1.85 bits per heavy atom. The summed E-state index contributed by atoms with van der Waals surface area (Å²) in [6.07, 6.45) is 1.94. The van der Waals surface area contributed by atoms with Crippen LogP contribution in [0.3, 0.4) is 0 Å². The molecule has 1 fully saturated rings. The molecule has 0 spiro atoms. The van der Waals surface area contributed by atoms with Crippen molar-refractivity contribution in [2.24, 2.45) is 5.73 Å². The van der Waals surface area contributed by atoms with Crippen molar-refractivity contribution in [2.75, 3.05) is 0 Å². The van der Waals surface area contributed by atoms with Gasteiger partial charge >= 0.3 is 12.1 Å². The normalized spacial score (nSPS) is 17.8. The lowest BCUT2D eigenvalue weighted by Gasteiger charge is -1.93. The van der Waals surface area contributed by atoms with Crippen molar-refractivity contribution in [1.29, 1.82) is 0 Å². The second-order valence-corrected chi connectivity index (χ2v) is 2.60. The molecule has 0 aromatic rings. The van der Waals surface area contributed by atoms with Gasteiger partial charge in [0.15, 0.2) is 0 Å². The van der Waals surface area contributed by atoms with E-state index in [4.69, 9.17) is 22.1 Å². The lowest BCUT2D eigenvalue weighted by atomic mass is 10.3. The van der Waals surface area contributed by atoms with Crippen LogP contribution >= 0.6 is 0 Å². The van der Waals surface area contributed by atoms with Gasteiger partial charge in [0.05, 0.1) is 5.54 Å². The third-order valence-corrected chi connectivity index (χ3v) is 1.32. The molecule has 3 nitrogen and oxygen atoms in total. The van der Waals surface area contributed by atoms with Gasteiger partial charge in [-0.25, -0.2) is 4.79 Å². The highest BCUT2D eigenvalue weighted by atomic mass is 19.4. The molecular weight excluding hydrogens is 187 g/mol. The fourth-order valence-corrected chi connectivity index (χ4v) is 0.279. The van der Waals surface area contributed by atoms with Crippen molar-refractivity contribution in [1.82, 2.24) is 0 Å². The van der Waals surface area contributed by atoms with Crippen LogP contribution < -0.4 is 5.73 Å². The number of halogens is 3. The minimum atomic E-state index is -5.08. The molecule has 0 atom stereocenters. The van der Waals surface area contributed by atoms with E-state index in [9.17, 15) is 13.2 Å². The van der Waals surface area contributed by atoms with Gasteiger partial charge in [0.1, 0.15) is 0 Å². The second-order valence-electron chi connectivity index (χ2n) is 2.60. The predicted octanol–water partition coefficient (Wildman–Crippen LogP) is 0.744. The zero-order chi connectivity index (χ0) is 10.7. The van der Waals surface area contributed by atoms with E-state index < -0.39 is 12.1 Å². The van der Waals surface area contributed by atoms with Crippen LogP contribution in [0.4, 0.5) is 13.2 Å². The zero-order valence-electron chi connectivity index (χ0n) is 6.56. The highest BCUT2D eigenvalue weighted by molar-refractivity contribution is 5.73. The van der Waals surface area contributed by atoms with E-state index in [0.29, 0.717) is 0 Å². The average Bonchev–Trinajstić information content (AvgIpc) is 2.69. The number of alkyl halides is 3. The molecule has 1 aliphatic carbocycles. The van der Waals surface area contributed by atoms with Gasteiger partial charge < -0.3 is 10.8 Å². The highest BCUT2D eigenvalue weighted by Crippen LogP contribution is 2.30. The number of carboxylic acid groups (broad SMARTS) is 1. The zero-order valence-corrected chi connectivity index (χ0v) is 6.56. The lowest BCUT2D eigenvalue weighted by Crippen LogP contribution is -2.21. The number of rotatable bonds is 0. The molecule has 0 aromatic carbocycles. The third kappa shape index (κ3) is 5.09. The maximum atomic E-state index is 10.6. The number of aliphatic carboxylic acids is 1. The van der Waals surface area contributed by atoms with Gasteiger partial charge in [-0.15, -0.1) is 6.42 Å². The molecule has 3 N–H and O–H groups in total. The summed E-state index contributed by atoms with van der Waals surface area (Å²) in [5, 5.41) is 7.12. The SMILES string of the molecule is C#CC1(N)CC1.O=C(O)C(F)(F)F. The van der Waals surface area contributed by atoms with E-state index in [2.05, 4.69) is 5.92 Å². The van der Waals surface area contributed by atoms with Crippen molar-refractivity contribution in [3.05, 3.63) is 0 Å². The Morgan fingerprint density at radius 3 is 1.85 bits per heavy atom. The van der Waals surface area contributed by atoms with Crippen molar-refractivity contribution < 1.29 is 23.1 Å². The first-order chi connectivity index (χ1) is 5.71. The Bertz CT molecular complexity index is 237. The summed E-state index contributed by atoms with van der Waals surface area (Å²) in [6.45, 7) is 0. The van der Waals surface area contributed by atoms with Crippen molar-refractivity contribution in [2.45, 2.75) is 24.6 Å². The predicted molar refractivity (Wildman–Crippen MR) is 38.7 cm³/mol. The fourth-order valence-electron chi connectivity index (χ4n) is 0.279. The van der Waals surface area contributed by atoms with Gasteiger partial charge in [0.2, 0.25) is 0 Å². The van der Waals surface area contributed by atoms with Crippen LogP contribution in [0.1, 0.15) is 12.8 Å². The van der Waals surface area contributed by atoms with Crippen LogP contribution in [0, 0.1) is 12.3 Å². The van der Waals surface area contributed by atoms with Crippen LogP contribution in [0.5, 0.6) is 0 Å². The van der Waals surface area contributed by atoms with Crippen LogP contribution in [-0.2, 0) is 4.79 Å². The molecule has 0 radical (unpaired) electrons. The summed E-state index contributed by atoms with van der Waals surface area (Å²) >= 11 is 0. The van der Waals surface area contributed by atoms with Crippen molar-refractivity contribution in [3.63, 3.8) is 0 Å². The van der Waals surface area contributed by atoms with E-state index in [0.717, 1.165) is 12.8 Å². The van der Waals surface area contributed by atoms with Gasteiger partial charge in [-0.2, -0.15) is 13.2 Å². The summed E-state index contributed by atoms with van der Waals surface area (Å²) in [7, 11) is 0. The second kappa shape index (κ2) is 3.66. The molecule has 0 unspecified atom stereocenters. The number of nitrogens with two attached hydrogens (primary N) is 1. The fraction of sp³-hybridized carbons (Fsp3) is 0.571. The third-order valence-electron chi connectivity index (χ3n) is 1.32. The highest BCUT2D eigenvalue weighted by Gasteiger charge is 2.38. The van der Waals surface area contributed by atoms with E-state index in [1.807, 2.05) is 0 Å². The molecule has 0 heterocycles. The maximum absolute atomic E-state index is 10.6. The summed E-state index contributed by atoms with van der Waals surface area (Å²) in [6, 6.07) is 0. The first-order valence-corrected chi connectivity index (χ1v) is 3.28. The minimum Gasteiger partial charge on any atom is -0.475 e. The van der Waals surface area contributed by atoms with E-state index in [-0.39, 0.29) is 5.54 Å². The molecule has 0 amide bonds. The quantitative estimate of drug-likeness (QED) is 0.560. The molecular formula is C7H8F3NO2. The standard InChI is InChI=1S/C5H7N.C2HF3O2/c1-2-5(6)3-4-5;3-2(4,5)1(6)7/h1H,3-4,6H2;(H,6,7). The van der Waals surface area contributed by atoms with Gasteiger partial charge in [0.25, 0.3) is 0 Å². The van der Waals surface area contributed by atoms with Gasteiger partial charge in [-0.3, -0.25) is 0 Å². The van der Waals surface area contributed by atoms with Crippen LogP contribution in [0.15, 0.2) is 0 Å². The number of carboxylic acids is 1. The molecule has 74 valence electrons. The Labute approximate surface area is 72.7 Å². The topological polar surface area (TPSA) is 63.3 Å². The monoisotopic (exact) mass is 195 g/mol. The van der Waals surface area contributed by atoms with E-state index in [1.54, 1.807) is 0 Å². The number of hydrogen-bond donors (Lipinski definition) is 2. The van der Waals surface area contributed by atoms with Gasteiger partial charge in [-0.05, 0) is 12.8 Å². The summed E-state index contributed by atoms with van der Waals surface area (Å²) < 4.78 is 31.7. The Morgan fingerprint density at radius 1 is 1.54 bits per heavy atom. The molecule has 1 rings (SSSR count). The number of hydrogen-bond acceptors (Lipinski definition) is 2. The van der Waals surface area contributed by atoms with E-state index >= 15 is 0 Å². The molecule has 0 aromatic heterocycles. The summed E-state index contributed by atoms with van der Waals surface area (Å²) in [5.41, 5.74) is 5.23. The smallest absolute Gasteiger partial charge is 0.475 e. The molecule has 13 heavy (non-hydrogen) atoms.